The molecule has 2 aliphatic rings. The molecule has 1 saturated heterocycles. The summed E-state index contributed by atoms with van der Waals surface area (Å²) in [5.74, 6) is 2.90. The molecule has 1 aromatic heterocycles. The molecule has 0 radical (unpaired) electrons. The summed E-state index contributed by atoms with van der Waals surface area (Å²) in [6.07, 6.45) is 4.88. The van der Waals surface area contributed by atoms with Crippen LogP contribution in [0.15, 0.2) is 4.52 Å². The van der Waals surface area contributed by atoms with Gasteiger partial charge < -0.3 is 9.84 Å². The van der Waals surface area contributed by atoms with Crippen LogP contribution < -0.4 is 5.32 Å². The summed E-state index contributed by atoms with van der Waals surface area (Å²) in [5, 5.41) is 7.63. The molecule has 1 atom stereocenters. The molecule has 3 rings (SSSR count). The van der Waals surface area contributed by atoms with Crippen molar-refractivity contribution < 1.29 is 4.52 Å². The lowest BCUT2D eigenvalue weighted by Crippen LogP contribution is -2.35. The lowest BCUT2D eigenvalue weighted by molar-refractivity contribution is 0.233. The highest BCUT2D eigenvalue weighted by Crippen LogP contribution is 2.39. The molecule has 1 aromatic rings. The van der Waals surface area contributed by atoms with Crippen LogP contribution in [0.25, 0.3) is 0 Å². The Hall–Kier alpha value is -0.900. The number of aromatic nitrogens is 2. The highest BCUT2D eigenvalue weighted by Gasteiger charge is 2.44. The predicted octanol–water partition coefficient (Wildman–Crippen LogP) is 2.22. The average molecular weight is 235 g/mol. The van der Waals surface area contributed by atoms with Gasteiger partial charge >= 0.3 is 0 Å². The minimum absolute atomic E-state index is 0.0645. The molecular formula is C13H21N3O. The Morgan fingerprint density at radius 3 is 2.76 bits per heavy atom. The van der Waals surface area contributed by atoms with E-state index in [-0.39, 0.29) is 5.41 Å². The third-order valence-corrected chi connectivity index (χ3v) is 4.63. The topological polar surface area (TPSA) is 51.0 Å². The minimum atomic E-state index is 0.0645. The van der Waals surface area contributed by atoms with Gasteiger partial charge in [-0.05, 0) is 31.7 Å². The Bertz CT molecular complexity index is 389. The molecule has 1 N–H and O–H groups in total. The normalized spacial score (nSPS) is 29.8. The first-order valence-electron chi connectivity index (χ1n) is 6.77. The number of nitrogens with zero attached hydrogens (tertiary/aromatic N) is 2. The Balaban J connectivity index is 1.88. The van der Waals surface area contributed by atoms with E-state index in [4.69, 9.17) is 4.52 Å². The highest BCUT2D eigenvalue weighted by molar-refractivity contribution is 5.13. The minimum Gasteiger partial charge on any atom is -0.339 e. The smallest absolute Gasteiger partial charge is 0.234 e. The van der Waals surface area contributed by atoms with Crippen LogP contribution >= 0.6 is 0 Å². The SMILES string of the molecule is CC(C)C1(c2nc(C3CCC3)no2)CCNC1. The molecule has 94 valence electrons. The molecule has 1 unspecified atom stereocenters. The van der Waals surface area contributed by atoms with E-state index in [2.05, 4.69) is 29.3 Å². The average Bonchev–Trinajstić information content (AvgIpc) is 2.81. The van der Waals surface area contributed by atoms with E-state index in [9.17, 15) is 0 Å². The van der Waals surface area contributed by atoms with Crippen molar-refractivity contribution in [2.24, 2.45) is 5.92 Å². The second kappa shape index (κ2) is 4.09. The quantitative estimate of drug-likeness (QED) is 0.872. The lowest BCUT2D eigenvalue weighted by atomic mass is 9.76. The molecule has 0 bridgehead atoms. The number of rotatable bonds is 3. The molecule has 1 aliphatic heterocycles. The predicted molar refractivity (Wildman–Crippen MR) is 64.9 cm³/mol. The first-order chi connectivity index (χ1) is 8.22. The van der Waals surface area contributed by atoms with Gasteiger partial charge in [0.1, 0.15) is 0 Å². The van der Waals surface area contributed by atoms with Crippen LogP contribution in [-0.2, 0) is 5.41 Å². The zero-order chi connectivity index (χ0) is 11.9. The fourth-order valence-corrected chi connectivity index (χ4v) is 2.90. The summed E-state index contributed by atoms with van der Waals surface area (Å²) in [6.45, 7) is 6.52. The Kier molecular flexibility index (Phi) is 2.69. The van der Waals surface area contributed by atoms with Gasteiger partial charge in [-0.25, -0.2) is 0 Å². The zero-order valence-electron chi connectivity index (χ0n) is 10.7. The van der Waals surface area contributed by atoms with Gasteiger partial charge in [-0.2, -0.15) is 4.98 Å². The van der Waals surface area contributed by atoms with Crippen LogP contribution in [0.5, 0.6) is 0 Å². The van der Waals surface area contributed by atoms with Gasteiger partial charge in [-0.15, -0.1) is 0 Å². The van der Waals surface area contributed by atoms with Gasteiger partial charge in [0.15, 0.2) is 5.82 Å². The van der Waals surface area contributed by atoms with Gasteiger partial charge in [-0.1, -0.05) is 25.4 Å². The monoisotopic (exact) mass is 235 g/mol. The van der Waals surface area contributed by atoms with E-state index < -0.39 is 0 Å². The van der Waals surface area contributed by atoms with Gasteiger partial charge in [-0.3, -0.25) is 0 Å². The van der Waals surface area contributed by atoms with E-state index >= 15 is 0 Å². The summed E-state index contributed by atoms with van der Waals surface area (Å²) >= 11 is 0. The Morgan fingerprint density at radius 2 is 2.24 bits per heavy atom. The van der Waals surface area contributed by atoms with Crippen LogP contribution in [0.4, 0.5) is 0 Å². The van der Waals surface area contributed by atoms with Crippen molar-refractivity contribution in [1.82, 2.24) is 15.5 Å². The van der Waals surface area contributed by atoms with E-state index in [0.29, 0.717) is 11.8 Å². The Morgan fingerprint density at radius 1 is 1.41 bits per heavy atom. The largest absolute Gasteiger partial charge is 0.339 e. The van der Waals surface area contributed by atoms with Crippen molar-refractivity contribution in [3.05, 3.63) is 11.7 Å². The van der Waals surface area contributed by atoms with Crippen molar-refractivity contribution in [3.63, 3.8) is 0 Å². The molecule has 2 fully saturated rings. The summed E-state index contributed by atoms with van der Waals surface area (Å²) in [6, 6.07) is 0. The Labute approximate surface area is 102 Å². The number of nitrogens with one attached hydrogen (secondary N) is 1. The fourth-order valence-electron chi connectivity index (χ4n) is 2.90. The maximum Gasteiger partial charge on any atom is 0.234 e. The second-order valence-electron chi connectivity index (χ2n) is 5.82. The third kappa shape index (κ3) is 1.69. The highest BCUT2D eigenvalue weighted by atomic mass is 16.5. The number of hydrogen-bond donors (Lipinski definition) is 1. The summed E-state index contributed by atoms with van der Waals surface area (Å²) in [4.78, 5) is 4.69. The van der Waals surface area contributed by atoms with Crippen molar-refractivity contribution in [1.29, 1.82) is 0 Å². The summed E-state index contributed by atoms with van der Waals surface area (Å²) in [5.41, 5.74) is 0.0645. The molecule has 17 heavy (non-hydrogen) atoms. The van der Waals surface area contributed by atoms with Crippen molar-refractivity contribution in [2.45, 2.75) is 50.9 Å². The zero-order valence-corrected chi connectivity index (χ0v) is 10.7. The van der Waals surface area contributed by atoms with E-state index in [1.807, 2.05) is 0 Å². The van der Waals surface area contributed by atoms with Gasteiger partial charge in [0.05, 0.1) is 5.41 Å². The van der Waals surface area contributed by atoms with Crippen molar-refractivity contribution >= 4 is 0 Å². The van der Waals surface area contributed by atoms with Gasteiger partial charge in [0.25, 0.3) is 0 Å². The van der Waals surface area contributed by atoms with Gasteiger partial charge in [0, 0.05) is 12.5 Å². The summed E-state index contributed by atoms with van der Waals surface area (Å²) < 4.78 is 5.57. The summed E-state index contributed by atoms with van der Waals surface area (Å²) in [7, 11) is 0. The van der Waals surface area contributed by atoms with E-state index in [1.165, 1.54) is 19.3 Å². The maximum absolute atomic E-state index is 5.57. The van der Waals surface area contributed by atoms with Crippen LogP contribution in [0, 0.1) is 5.92 Å². The molecular weight excluding hydrogens is 214 g/mol. The van der Waals surface area contributed by atoms with Crippen molar-refractivity contribution in [2.75, 3.05) is 13.1 Å². The maximum atomic E-state index is 5.57. The molecule has 2 heterocycles. The second-order valence-corrected chi connectivity index (χ2v) is 5.82. The van der Waals surface area contributed by atoms with E-state index in [1.54, 1.807) is 0 Å². The van der Waals surface area contributed by atoms with Crippen LogP contribution in [0.2, 0.25) is 0 Å². The van der Waals surface area contributed by atoms with E-state index in [0.717, 1.165) is 31.2 Å². The fraction of sp³-hybridized carbons (Fsp3) is 0.846. The standard InChI is InChI=1S/C13H21N3O/c1-9(2)13(6-7-14-8-13)12-15-11(16-17-12)10-4-3-5-10/h9-10,14H,3-8H2,1-2H3. The molecule has 4 heteroatoms. The first kappa shape index (κ1) is 11.2. The molecule has 1 aliphatic carbocycles. The van der Waals surface area contributed by atoms with Gasteiger partial charge in [0.2, 0.25) is 5.89 Å². The molecule has 0 amide bonds. The third-order valence-electron chi connectivity index (χ3n) is 4.63. The molecule has 0 spiro atoms. The van der Waals surface area contributed by atoms with Crippen LogP contribution in [-0.4, -0.2) is 23.2 Å². The van der Waals surface area contributed by atoms with Crippen LogP contribution in [0.3, 0.4) is 0 Å². The molecule has 0 aromatic carbocycles. The molecule has 4 nitrogen and oxygen atoms in total. The van der Waals surface area contributed by atoms with Crippen LogP contribution in [0.1, 0.15) is 57.2 Å². The first-order valence-corrected chi connectivity index (χ1v) is 6.77. The number of hydrogen-bond acceptors (Lipinski definition) is 4. The molecule has 1 saturated carbocycles. The lowest BCUT2D eigenvalue weighted by Gasteiger charge is -2.28. The van der Waals surface area contributed by atoms with Crippen molar-refractivity contribution in [3.8, 4) is 0 Å².